The van der Waals surface area contributed by atoms with Crippen molar-refractivity contribution in [1.29, 1.82) is 0 Å². The Bertz CT molecular complexity index is 1390. The van der Waals surface area contributed by atoms with Crippen molar-refractivity contribution < 1.29 is 28.2 Å². The molecule has 0 unspecified atom stereocenters. The summed E-state index contributed by atoms with van der Waals surface area (Å²) in [6.45, 7) is 4.01. The average Bonchev–Trinajstić information content (AvgIpc) is 3.13. The van der Waals surface area contributed by atoms with E-state index < -0.39 is 29.4 Å². The van der Waals surface area contributed by atoms with E-state index in [1.165, 1.54) is 30.3 Å². The molecule has 10 heteroatoms. The maximum Gasteiger partial charge on any atom is 0.294 e. The van der Waals surface area contributed by atoms with Crippen molar-refractivity contribution in [3.63, 3.8) is 0 Å². The van der Waals surface area contributed by atoms with Crippen molar-refractivity contribution >= 4 is 52.2 Å². The number of hydrogen-bond acceptors (Lipinski definition) is 6. The fourth-order valence-corrected chi connectivity index (χ4v) is 4.69. The Morgan fingerprint density at radius 3 is 2.47 bits per heavy atom. The number of nitrogens with zero attached hydrogens (tertiary/aromatic N) is 1. The predicted molar refractivity (Wildman–Crippen MR) is 146 cm³/mol. The molecule has 7 nitrogen and oxygen atoms in total. The monoisotopic (exact) mass is 554 g/mol. The second kappa shape index (κ2) is 12.1. The summed E-state index contributed by atoms with van der Waals surface area (Å²) in [6.07, 6.45) is 1.51. The molecule has 0 bridgehead atoms. The van der Waals surface area contributed by atoms with E-state index in [9.17, 15) is 18.8 Å². The summed E-state index contributed by atoms with van der Waals surface area (Å²) in [5.74, 6) is -0.870. The number of anilines is 1. The third-order valence-electron chi connectivity index (χ3n) is 5.44. The number of imide groups is 1. The molecule has 38 heavy (non-hydrogen) atoms. The molecule has 1 aliphatic heterocycles. The van der Waals surface area contributed by atoms with Crippen LogP contribution in [0.2, 0.25) is 5.02 Å². The van der Waals surface area contributed by atoms with Crippen molar-refractivity contribution in [3.8, 4) is 11.5 Å². The van der Waals surface area contributed by atoms with E-state index in [2.05, 4.69) is 5.32 Å². The highest BCUT2D eigenvalue weighted by Crippen LogP contribution is 2.39. The molecule has 1 aliphatic rings. The summed E-state index contributed by atoms with van der Waals surface area (Å²) in [5, 5.41) is 2.24. The molecule has 196 valence electrons. The van der Waals surface area contributed by atoms with Crippen LogP contribution >= 0.6 is 23.4 Å². The SMILES string of the molecule is CCOc1cc(/C=C2\SC(=O)N(CC(=O)Nc3ccc(F)cc3)C2=O)cc(Cl)c1OCc1ccc(C)cc1. The van der Waals surface area contributed by atoms with Crippen LogP contribution in [0.25, 0.3) is 6.08 Å². The van der Waals surface area contributed by atoms with Gasteiger partial charge in [-0.3, -0.25) is 19.3 Å². The molecule has 0 aromatic heterocycles. The van der Waals surface area contributed by atoms with Crippen LogP contribution in [-0.4, -0.2) is 35.1 Å². The Labute approximate surface area is 228 Å². The van der Waals surface area contributed by atoms with Gasteiger partial charge in [-0.2, -0.15) is 0 Å². The summed E-state index contributed by atoms with van der Waals surface area (Å²) < 4.78 is 24.8. The Morgan fingerprint density at radius 1 is 1.08 bits per heavy atom. The van der Waals surface area contributed by atoms with Gasteiger partial charge in [0.05, 0.1) is 16.5 Å². The Hall–Kier alpha value is -3.82. The van der Waals surface area contributed by atoms with E-state index in [-0.39, 0.29) is 16.5 Å². The minimum absolute atomic E-state index is 0.136. The third kappa shape index (κ3) is 6.73. The van der Waals surface area contributed by atoms with Crippen LogP contribution in [0.3, 0.4) is 0 Å². The zero-order valence-electron chi connectivity index (χ0n) is 20.6. The van der Waals surface area contributed by atoms with Gasteiger partial charge in [0.25, 0.3) is 11.1 Å². The molecule has 3 amide bonds. The summed E-state index contributed by atoms with van der Waals surface area (Å²) in [6, 6.07) is 16.4. The molecule has 1 fully saturated rings. The van der Waals surface area contributed by atoms with E-state index in [1.807, 2.05) is 38.1 Å². The minimum atomic E-state index is -0.608. The molecule has 3 aromatic carbocycles. The first-order valence-electron chi connectivity index (χ1n) is 11.7. The highest BCUT2D eigenvalue weighted by Gasteiger charge is 2.36. The fraction of sp³-hybridized carbons (Fsp3) is 0.179. The van der Waals surface area contributed by atoms with E-state index in [0.29, 0.717) is 29.4 Å². The molecule has 4 rings (SSSR count). The van der Waals surface area contributed by atoms with Gasteiger partial charge in [-0.1, -0.05) is 41.4 Å². The van der Waals surface area contributed by atoms with Gasteiger partial charge in [0.15, 0.2) is 11.5 Å². The van der Waals surface area contributed by atoms with E-state index in [1.54, 1.807) is 12.1 Å². The van der Waals surface area contributed by atoms with Gasteiger partial charge in [0.2, 0.25) is 5.91 Å². The molecular formula is C28H24ClFN2O5S. The van der Waals surface area contributed by atoms with Crippen LogP contribution in [-0.2, 0) is 16.2 Å². The van der Waals surface area contributed by atoms with Gasteiger partial charge in [-0.05, 0) is 79.2 Å². The summed E-state index contributed by atoms with van der Waals surface area (Å²) in [4.78, 5) is 38.7. The quantitative estimate of drug-likeness (QED) is 0.306. The number of thioether (sulfide) groups is 1. The second-order valence-corrected chi connectivity index (χ2v) is 9.76. The lowest BCUT2D eigenvalue weighted by Gasteiger charge is -2.15. The first kappa shape index (κ1) is 27.2. The summed E-state index contributed by atoms with van der Waals surface area (Å²) in [7, 11) is 0. The van der Waals surface area contributed by atoms with Crippen molar-refractivity contribution in [1.82, 2.24) is 4.90 Å². The lowest BCUT2D eigenvalue weighted by Crippen LogP contribution is -2.36. The van der Waals surface area contributed by atoms with Gasteiger partial charge in [-0.25, -0.2) is 4.39 Å². The summed E-state index contributed by atoms with van der Waals surface area (Å²) in [5.41, 5.74) is 2.99. The number of rotatable bonds is 9. The molecule has 1 N–H and O–H groups in total. The Balaban J connectivity index is 1.48. The van der Waals surface area contributed by atoms with Gasteiger partial charge >= 0.3 is 0 Å². The lowest BCUT2D eigenvalue weighted by molar-refractivity contribution is -0.127. The number of aryl methyl sites for hydroxylation is 1. The average molecular weight is 555 g/mol. The molecule has 3 aromatic rings. The molecule has 0 atom stereocenters. The van der Waals surface area contributed by atoms with Crippen LogP contribution in [0.15, 0.2) is 65.6 Å². The topological polar surface area (TPSA) is 84.9 Å². The molecule has 0 saturated carbocycles. The first-order chi connectivity index (χ1) is 18.2. The maximum absolute atomic E-state index is 13.1. The third-order valence-corrected chi connectivity index (χ3v) is 6.62. The van der Waals surface area contributed by atoms with Crippen LogP contribution in [0.4, 0.5) is 14.9 Å². The largest absolute Gasteiger partial charge is 0.490 e. The second-order valence-electron chi connectivity index (χ2n) is 8.36. The van der Waals surface area contributed by atoms with E-state index >= 15 is 0 Å². The molecule has 1 saturated heterocycles. The van der Waals surface area contributed by atoms with Gasteiger partial charge in [0, 0.05) is 5.69 Å². The van der Waals surface area contributed by atoms with Crippen LogP contribution in [0, 0.1) is 12.7 Å². The molecule has 0 radical (unpaired) electrons. The number of ether oxygens (including phenoxy) is 2. The van der Waals surface area contributed by atoms with Gasteiger partial charge in [0.1, 0.15) is 19.0 Å². The zero-order valence-corrected chi connectivity index (χ0v) is 22.2. The Morgan fingerprint density at radius 2 is 1.79 bits per heavy atom. The van der Waals surface area contributed by atoms with Gasteiger partial charge in [-0.15, -0.1) is 0 Å². The Kier molecular flexibility index (Phi) is 8.70. The molecule has 1 heterocycles. The van der Waals surface area contributed by atoms with Crippen LogP contribution in [0.1, 0.15) is 23.6 Å². The normalized spacial score (nSPS) is 14.2. The fourth-order valence-electron chi connectivity index (χ4n) is 3.58. The number of benzene rings is 3. The number of hydrogen-bond donors (Lipinski definition) is 1. The minimum Gasteiger partial charge on any atom is -0.490 e. The number of carbonyl (C=O) groups is 3. The van der Waals surface area contributed by atoms with Crippen molar-refractivity contribution in [2.45, 2.75) is 20.5 Å². The molecule has 0 aliphatic carbocycles. The standard InChI is InChI=1S/C28H24ClFN2O5S/c1-3-36-23-13-19(12-22(29)26(23)37-16-18-6-4-17(2)5-7-18)14-24-27(34)32(28(35)38-24)15-25(33)31-21-10-8-20(30)9-11-21/h4-14H,3,15-16H2,1-2H3,(H,31,33)/b24-14-. The van der Waals surface area contributed by atoms with Crippen LogP contribution in [0.5, 0.6) is 11.5 Å². The zero-order chi connectivity index (χ0) is 27.2. The lowest BCUT2D eigenvalue weighted by atomic mass is 10.1. The van der Waals surface area contributed by atoms with Crippen molar-refractivity contribution in [3.05, 3.63) is 93.1 Å². The van der Waals surface area contributed by atoms with Crippen LogP contribution < -0.4 is 14.8 Å². The number of amides is 3. The highest BCUT2D eigenvalue weighted by molar-refractivity contribution is 8.18. The first-order valence-corrected chi connectivity index (χ1v) is 12.9. The summed E-state index contributed by atoms with van der Waals surface area (Å²) >= 11 is 7.24. The van der Waals surface area contributed by atoms with E-state index in [0.717, 1.165) is 27.8 Å². The maximum atomic E-state index is 13.1. The highest BCUT2D eigenvalue weighted by atomic mass is 35.5. The predicted octanol–water partition coefficient (Wildman–Crippen LogP) is 6.44. The molecular weight excluding hydrogens is 531 g/mol. The van der Waals surface area contributed by atoms with Gasteiger partial charge < -0.3 is 14.8 Å². The molecule has 0 spiro atoms. The van der Waals surface area contributed by atoms with Crippen molar-refractivity contribution in [2.24, 2.45) is 0 Å². The smallest absolute Gasteiger partial charge is 0.294 e. The number of halogens is 2. The van der Waals surface area contributed by atoms with Crippen molar-refractivity contribution in [2.75, 3.05) is 18.5 Å². The van der Waals surface area contributed by atoms with E-state index in [4.69, 9.17) is 21.1 Å². The number of carbonyl (C=O) groups excluding carboxylic acids is 3. The number of nitrogens with one attached hydrogen (secondary N) is 1.